The third-order valence-corrected chi connectivity index (χ3v) is 3.05. The van der Waals surface area contributed by atoms with E-state index in [1.54, 1.807) is 30.2 Å². The molecule has 1 aromatic carbocycles. The van der Waals surface area contributed by atoms with E-state index in [4.69, 9.17) is 14.6 Å². The van der Waals surface area contributed by atoms with Gasteiger partial charge in [0.05, 0.1) is 25.9 Å². The highest BCUT2D eigenvalue weighted by molar-refractivity contribution is 5.95. The number of benzene rings is 1. The van der Waals surface area contributed by atoms with Crippen molar-refractivity contribution in [1.29, 1.82) is 0 Å². The fourth-order valence-corrected chi connectivity index (χ4v) is 2.02. The van der Waals surface area contributed by atoms with Gasteiger partial charge in [0.2, 0.25) is 0 Å². The molecule has 1 aliphatic heterocycles. The molecule has 1 aliphatic rings. The lowest BCUT2D eigenvalue weighted by molar-refractivity contribution is 0.0303. The molecule has 1 fully saturated rings. The van der Waals surface area contributed by atoms with Gasteiger partial charge in [-0.1, -0.05) is 11.8 Å². The number of aliphatic hydroxyl groups excluding tert-OH is 1. The van der Waals surface area contributed by atoms with Crippen molar-refractivity contribution in [3.8, 4) is 17.6 Å². The maximum Gasteiger partial charge on any atom is 0.254 e. The van der Waals surface area contributed by atoms with E-state index in [0.717, 1.165) is 0 Å². The van der Waals surface area contributed by atoms with Crippen LogP contribution in [0.5, 0.6) is 5.75 Å². The summed E-state index contributed by atoms with van der Waals surface area (Å²) in [5.74, 6) is 5.91. The SMILES string of the molecule is COc1ccc(C(=O)N2CCOCC2)cc1C#CCO. The van der Waals surface area contributed by atoms with Crippen LogP contribution >= 0.6 is 0 Å². The van der Waals surface area contributed by atoms with E-state index in [1.165, 1.54) is 0 Å². The molecule has 0 bridgehead atoms. The number of nitrogens with zero attached hydrogens (tertiary/aromatic N) is 1. The minimum absolute atomic E-state index is 0.0389. The van der Waals surface area contributed by atoms with E-state index >= 15 is 0 Å². The van der Waals surface area contributed by atoms with Gasteiger partial charge in [-0.05, 0) is 18.2 Å². The molecule has 20 heavy (non-hydrogen) atoms. The van der Waals surface area contributed by atoms with Crippen molar-refractivity contribution < 1.29 is 19.4 Å². The summed E-state index contributed by atoms with van der Waals surface area (Å²) in [6.45, 7) is 2.11. The summed E-state index contributed by atoms with van der Waals surface area (Å²) >= 11 is 0. The highest BCUT2D eigenvalue weighted by Crippen LogP contribution is 2.20. The largest absolute Gasteiger partial charge is 0.495 e. The molecule has 1 amide bonds. The second kappa shape index (κ2) is 6.94. The first-order valence-electron chi connectivity index (χ1n) is 6.41. The van der Waals surface area contributed by atoms with Crippen LogP contribution in [0.4, 0.5) is 0 Å². The van der Waals surface area contributed by atoms with Crippen molar-refractivity contribution in [2.24, 2.45) is 0 Å². The zero-order valence-electron chi connectivity index (χ0n) is 11.4. The molecule has 0 radical (unpaired) electrons. The summed E-state index contributed by atoms with van der Waals surface area (Å²) in [5, 5.41) is 8.77. The van der Waals surface area contributed by atoms with Crippen LogP contribution in [-0.4, -0.2) is 55.9 Å². The topological polar surface area (TPSA) is 59.0 Å². The van der Waals surface area contributed by atoms with Crippen LogP contribution in [0, 0.1) is 11.8 Å². The zero-order valence-corrected chi connectivity index (χ0v) is 11.4. The first-order valence-corrected chi connectivity index (χ1v) is 6.41. The lowest BCUT2D eigenvalue weighted by Crippen LogP contribution is -2.40. The molecule has 1 heterocycles. The van der Waals surface area contributed by atoms with E-state index in [1.807, 2.05) is 0 Å². The smallest absolute Gasteiger partial charge is 0.254 e. The van der Waals surface area contributed by atoms with Gasteiger partial charge in [-0.25, -0.2) is 0 Å². The number of carbonyl (C=O) groups excluding carboxylic acids is 1. The zero-order chi connectivity index (χ0) is 14.4. The van der Waals surface area contributed by atoms with E-state index in [9.17, 15) is 4.79 Å². The quantitative estimate of drug-likeness (QED) is 0.799. The molecule has 0 atom stereocenters. The van der Waals surface area contributed by atoms with Crippen molar-refractivity contribution in [2.75, 3.05) is 40.0 Å². The Morgan fingerprint density at radius 3 is 2.85 bits per heavy atom. The van der Waals surface area contributed by atoms with Crippen molar-refractivity contribution in [2.45, 2.75) is 0 Å². The third-order valence-electron chi connectivity index (χ3n) is 3.05. The first-order chi connectivity index (χ1) is 9.76. The van der Waals surface area contributed by atoms with Crippen LogP contribution in [0.3, 0.4) is 0 Å². The second-order valence-electron chi connectivity index (χ2n) is 4.28. The van der Waals surface area contributed by atoms with Gasteiger partial charge in [0.1, 0.15) is 12.4 Å². The lowest BCUT2D eigenvalue weighted by Gasteiger charge is -2.27. The molecule has 5 heteroatoms. The van der Waals surface area contributed by atoms with Crippen LogP contribution in [-0.2, 0) is 4.74 Å². The van der Waals surface area contributed by atoms with E-state index in [0.29, 0.717) is 43.2 Å². The normalized spacial score (nSPS) is 14.4. The molecular weight excluding hydrogens is 258 g/mol. The number of methoxy groups -OCH3 is 1. The Hall–Kier alpha value is -2.03. The summed E-state index contributed by atoms with van der Waals surface area (Å²) in [6.07, 6.45) is 0. The Morgan fingerprint density at radius 2 is 2.20 bits per heavy atom. The Balaban J connectivity index is 2.25. The Kier molecular flexibility index (Phi) is 4.99. The molecular formula is C15H17NO4. The maximum absolute atomic E-state index is 12.4. The number of rotatable bonds is 2. The maximum atomic E-state index is 12.4. The Labute approximate surface area is 118 Å². The third kappa shape index (κ3) is 3.29. The summed E-state index contributed by atoms with van der Waals surface area (Å²) < 4.78 is 10.4. The number of amides is 1. The number of hydrogen-bond donors (Lipinski definition) is 1. The van der Waals surface area contributed by atoms with Crippen LogP contribution in [0.1, 0.15) is 15.9 Å². The highest BCUT2D eigenvalue weighted by atomic mass is 16.5. The van der Waals surface area contributed by atoms with Gasteiger partial charge in [0.25, 0.3) is 5.91 Å². The van der Waals surface area contributed by atoms with Crippen LogP contribution in [0.2, 0.25) is 0 Å². The van der Waals surface area contributed by atoms with Gasteiger partial charge >= 0.3 is 0 Å². The average molecular weight is 275 g/mol. The van der Waals surface area contributed by atoms with Crippen molar-refractivity contribution in [3.63, 3.8) is 0 Å². The van der Waals surface area contributed by atoms with E-state index < -0.39 is 0 Å². The van der Waals surface area contributed by atoms with Crippen LogP contribution in [0.15, 0.2) is 18.2 Å². The monoisotopic (exact) mass is 275 g/mol. The predicted molar refractivity (Wildman–Crippen MR) is 73.7 cm³/mol. The molecule has 0 aliphatic carbocycles. The summed E-state index contributed by atoms with van der Waals surface area (Å²) in [4.78, 5) is 14.1. The number of aliphatic hydroxyl groups is 1. The number of hydrogen-bond acceptors (Lipinski definition) is 4. The second-order valence-corrected chi connectivity index (χ2v) is 4.28. The van der Waals surface area contributed by atoms with Crippen molar-refractivity contribution in [1.82, 2.24) is 4.90 Å². The average Bonchev–Trinajstić information content (AvgIpc) is 2.52. The van der Waals surface area contributed by atoms with E-state index in [2.05, 4.69) is 11.8 Å². The van der Waals surface area contributed by atoms with Gasteiger partial charge in [-0.2, -0.15) is 0 Å². The summed E-state index contributed by atoms with van der Waals surface area (Å²) in [7, 11) is 1.54. The number of ether oxygens (including phenoxy) is 2. The van der Waals surface area contributed by atoms with Gasteiger partial charge in [0, 0.05) is 18.7 Å². The molecule has 106 valence electrons. The number of carbonyl (C=O) groups is 1. The van der Waals surface area contributed by atoms with E-state index in [-0.39, 0.29) is 12.5 Å². The summed E-state index contributed by atoms with van der Waals surface area (Å²) in [5.41, 5.74) is 1.16. The molecule has 0 spiro atoms. The molecule has 1 saturated heterocycles. The molecule has 0 aromatic heterocycles. The molecule has 0 saturated carbocycles. The Morgan fingerprint density at radius 1 is 1.45 bits per heavy atom. The first kappa shape index (κ1) is 14.4. The number of morpholine rings is 1. The molecule has 1 aromatic rings. The minimum atomic E-state index is -0.231. The molecule has 0 unspecified atom stereocenters. The van der Waals surface area contributed by atoms with Crippen LogP contribution < -0.4 is 4.74 Å². The van der Waals surface area contributed by atoms with Gasteiger partial charge in [-0.3, -0.25) is 4.79 Å². The molecule has 5 nitrogen and oxygen atoms in total. The highest BCUT2D eigenvalue weighted by Gasteiger charge is 2.19. The fourth-order valence-electron chi connectivity index (χ4n) is 2.02. The fraction of sp³-hybridized carbons (Fsp3) is 0.400. The van der Waals surface area contributed by atoms with Gasteiger partial charge < -0.3 is 19.5 Å². The molecule has 2 rings (SSSR count). The minimum Gasteiger partial charge on any atom is -0.495 e. The molecule has 1 N–H and O–H groups in total. The van der Waals surface area contributed by atoms with Gasteiger partial charge in [0.15, 0.2) is 0 Å². The van der Waals surface area contributed by atoms with Crippen LogP contribution in [0.25, 0.3) is 0 Å². The predicted octanol–water partition coefficient (Wildman–Crippen LogP) is 0.511. The van der Waals surface area contributed by atoms with Gasteiger partial charge in [-0.15, -0.1) is 0 Å². The summed E-state index contributed by atoms with van der Waals surface area (Å²) in [6, 6.07) is 5.13. The Bertz CT molecular complexity index is 539. The standard InChI is InChI=1S/C15H17NO4/c1-19-14-5-4-13(11-12(14)3-2-8-17)15(18)16-6-9-20-10-7-16/h4-5,11,17H,6-10H2,1H3. The lowest BCUT2D eigenvalue weighted by atomic mass is 10.1. The van der Waals surface area contributed by atoms with Crippen molar-refractivity contribution >= 4 is 5.91 Å². The van der Waals surface area contributed by atoms with Crippen molar-refractivity contribution in [3.05, 3.63) is 29.3 Å².